The Labute approximate surface area is 102 Å². The van der Waals surface area contributed by atoms with Gasteiger partial charge in [-0.1, -0.05) is 5.16 Å². The minimum Gasteiger partial charge on any atom is -0.385 e. The van der Waals surface area contributed by atoms with Crippen LogP contribution in [0.25, 0.3) is 0 Å². The molecule has 2 heterocycles. The highest BCUT2D eigenvalue weighted by atomic mass is 16.5. The van der Waals surface area contributed by atoms with Crippen molar-refractivity contribution in [3.05, 3.63) is 11.7 Å². The second kappa shape index (κ2) is 5.14. The minimum atomic E-state index is -0.655. The molecule has 0 aliphatic carbocycles. The Morgan fingerprint density at radius 1 is 1.47 bits per heavy atom. The SMILES string of the molecule is CC(O)c1noc(CC2CCCN2C(C)C)n1. The molecule has 5 nitrogen and oxygen atoms in total. The fourth-order valence-corrected chi connectivity index (χ4v) is 2.48. The molecule has 2 rings (SSSR count). The minimum absolute atomic E-state index is 0.383. The summed E-state index contributed by atoms with van der Waals surface area (Å²) in [5, 5.41) is 13.1. The Bertz CT molecular complexity index is 362. The molecule has 5 heteroatoms. The zero-order chi connectivity index (χ0) is 12.4. The highest BCUT2D eigenvalue weighted by Crippen LogP contribution is 2.23. The van der Waals surface area contributed by atoms with Gasteiger partial charge in [0.15, 0.2) is 5.82 Å². The lowest BCUT2D eigenvalue weighted by Crippen LogP contribution is -2.36. The normalized spacial score (nSPS) is 23.5. The van der Waals surface area contributed by atoms with Crippen LogP contribution in [0, 0.1) is 0 Å². The fourth-order valence-electron chi connectivity index (χ4n) is 2.48. The van der Waals surface area contributed by atoms with Gasteiger partial charge in [0.2, 0.25) is 5.89 Å². The molecule has 1 aromatic heterocycles. The molecule has 0 radical (unpaired) electrons. The Hall–Kier alpha value is -0.940. The Morgan fingerprint density at radius 2 is 2.24 bits per heavy atom. The van der Waals surface area contributed by atoms with Gasteiger partial charge in [0.05, 0.1) is 0 Å². The zero-order valence-corrected chi connectivity index (χ0v) is 10.8. The summed E-state index contributed by atoms with van der Waals surface area (Å²) in [5.41, 5.74) is 0. The first-order valence-electron chi connectivity index (χ1n) is 6.34. The number of likely N-dealkylation sites (tertiary alicyclic amines) is 1. The maximum Gasteiger partial charge on any atom is 0.228 e. The molecule has 0 bridgehead atoms. The largest absolute Gasteiger partial charge is 0.385 e. The molecule has 1 aromatic rings. The molecule has 96 valence electrons. The van der Waals surface area contributed by atoms with Gasteiger partial charge in [0, 0.05) is 18.5 Å². The quantitative estimate of drug-likeness (QED) is 0.863. The molecule has 0 spiro atoms. The third-order valence-electron chi connectivity index (χ3n) is 3.35. The van der Waals surface area contributed by atoms with Crippen molar-refractivity contribution < 1.29 is 9.63 Å². The van der Waals surface area contributed by atoms with Crippen molar-refractivity contribution >= 4 is 0 Å². The summed E-state index contributed by atoms with van der Waals surface area (Å²) in [6.07, 6.45) is 2.56. The first-order valence-corrected chi connectivity index (χ1v) is 6.34. The average Bonchev–Trinajstić information content (AvgIpc) is 2.86. The number of nitrogens with zero attached hydrogens (tertiary/aromatic N) is 3. The van der Waals surface area contributed by atoms with E-state index < -0.39 is 6.10 Å². The van der Waals surface area contributed by atoms with Crippen molar-refractivity contribution in [1.82, 2.24) is 15.0 Å². The average molecular weight is 239 g/mol. The van der Waals surface area contributed by atoms with Crippen molar-refractivity contribution in [3.8, 4) is 0 Å². The van der Waals surface area contributed by atoms with Crippen molar-refractivity contribution in [2.45, 2.75) is 58.2 Å². The van der Waals surface area contributed by atoms with Gasteiger partial charge >= 0.3 is 0 Å². The van der Waals surface area contributed by atoms with Crippen LogP contribution < -0.4 is 0 Å². The summed E-state index contributed by atoms with van der Waals surface area (Å²) < 4.78 is 5.17. The monoisotopic (exact) mass is 239 g/mol. The molecular formula is C12H21N3O2. The molecule has 0 amide bonds. The standard InChI is InChI=1S/C12H21N3O2/c1-8(2)15-6-4-5-10(15)7-11-13-12(9(3)16)14-17-11/h8-10,16H,4-7H2,1-3H3. The van der Waals surface area contributed by atoms with Crippen LogP contribution in [0.3, 0.4) is 0 Å². The number of rotatable bonds is 4. The molecule has 1 saturated heterocycles. The van der Waals surface area contributed by atoms with E-state index in [2.05, 4.69) is 28.9 Å². The summed E-state index contributed by atoms with van der Waals surface area (Å²) in [4.78, 5) is 6.69. The maximum atomic E-state index is 9.34. The molecule has 0 aromatic carbocycles. The lowest BCUT2D eigenvalue weighted by molar-refractivity contribution is 0.183. The van der Waals surface area contributed by atoms with E-state index in [1.165, 1.54) is 12.8 Å². The lowest BCUT2D eigenvalue weighted by Gasteiger charge is -2.27. The summed E-state index contributed by atoms with van der Waals surface area (Å²) in [6.45, 7) is 7.23. The van der Waals surface area contributed by atoms with Crippen molar-refractivity contribution in [1.29, 1.82) is 0 Å². The summed E-state index contributed by atoms with van der Waals surface area (Å²) in [6, 6.07) is 1.05. The van der Waals surface area contributed by atoms with Crippen LogP contribution in [-0.2, 0) is 6.42 Å². The number of aliphatic hydroxyl groups is 1. The molecule has 2 unspecified atom stereocenters. The van der Waals surface area contributed by atoms with E-state index in [-0.39, 0.29) is 0 Å². The van der Waals surface area contributed by atoms with E-state index in [9.17, 15) is 5.11 Å². The first kappa shape index (κ1) is 12.5. The second-order valence-electron chi connectivity index (χ2n) is 5.05. The van der Waals surface area contributed by atoms with Crippen LogP contribution in [0.5, 0.6) is 0 Å². The van der Waals surface area contributed by atoms with E-state index in [0.717, 1.165) is 13.0 Å². The number of hydrogen-bond donors (Lipinski definition) is 1. The number of hydrogen-bond acceptors (Lipinski definition) is 5. The predicted octanol–water partition coefficient (Wildman–Crippen LogP) is 1.54. The van der Waals surface area contributed by atoms with Crippen LogP contribution in [0.4, 0.5) is 0 Å². The molecule has 1 fully saturated rings. The molecule has 1 aliphatic heterocycles. The summed E-state index contributed by atoms with van der Waals surface area (Å²) >= 11 is 0. The highest BCUT2D eigenvalue weighted by molar-refractivity contribution is 4.94. The number of aliphatic hydroxyl groups excluding tert-OH is 1. The van der Waals surface area contributed by atoms with Gasteiger partial charge in [-0.25, -0.2) is 0 Å². The van der Waals surface area contributed by atoms with Gasteiger partial charge < -0.3 is 9.63 Å². The van der Waals surface area contributed by atoms with Gasteiger partial charge in [-0.15, -0.1) is 0 Å². The topological polar surface area (TPSA) is 62.4 Å². The van der Waals surface area contributed by atoms with Crippen LogP contribution >= 0.6 is 0 Å². The summed E-state index contributed by atoms with van der Waals surface area (Å²) in [7, 11) is 0. The molecular weight excluding hydrogens is 218 g/mol. The van der Waals surface area contributed by atoms with Crippen LogP contribution in [0.15, 0.2) is 4.52 Å². The van der Waals surface area contributed by atoms with Crippen LogP contribution in [0.1, 0.15) is 51.4 Å². The molecule has 1 aliphatic rings. The van der Waals surface area contributed by atoms with Gasteiger partial charge in [-0.2, -0.15) is 4.98 Å². The predicted molar refractivity (Wildman–Crippen MR) is 63.5 cm³/mol. The Morgan fingerprint density at radius 3 is 2.82 bits per heavy atom. The number of aromatic nitrogens is 2. The maximum absolute atomic E-state index is 9.34. The third-order valence-corrected chi connectivity index (χ3v) is 3.35. The first-order chi connectivity index (χ1) is 8.08. The van der Waals surface area contributed by atoms with E-state index >= 15 is 0 Å². The van der Waals surface area contributed by atoms with E-state index in [4.69, 9.17) is 4.52 Å². The molecule has 0 saturated carbocycles. The highest BCUT2D eigenvalue weighted by Gasteiger charge is 2.28. The lowest BCUT2D eigenvalue weighted by atomic mass is 10.1. The second-order valence-corrected chi connectivity index (χ2v) is 5.05. The zero-order valence-electron chi connectivity index (χ0n) is 10.8. The van der Waals surface area contributed by atoms with Gasteiger partial charge in [-0.3, -0.25) is 4.90 Å². The Kier molecular flexibility index (Phi) is 3.79. The van der Waals surface area contributed by atoms with Crippen LogP contribution in [0.2, 0.25) is 0 Å². The van der Waals surface area contributed by atoms with E-state index in [1.54, 1.807) is 6.92 Å². The van der Waals surface area contributed by atoms with Crippen molar-refractivity contribution in [3.63, 3.8) is 0 Å². The van der Waals surface area contributed by atoms with Crippen molar-refractivity contribution in [2.24, 2.45) is 0 Å². The van der Waals surface area contributed by atoms with E-state index in [0.29, 0.717) is 23.8 Å². The van der Waals surface area contributed by atoms with Gasteiger partial charge in [0.25, 0.3) is 0 Å². The summed E-state index contributed by atoms with van der Waals surface area (Å²) in [5.74, 6) is 1.02. The van der Waals surface area contributed by atoms with Crippen molar-refractivity contribution in [2.75, 3.05) is 6.54 Å². The third kappa shape index (κ3) is 2.84. The molecule has 2 atom stereocenters. The molecule has 17 heavy (non-hydrogen) atoms. The Balaban J connectivity index is 1.99. The fraction of sp³-hybridized carbons (Fsp3) is 0.833. The smallest absolute Gasteiger partial charge is 0.228 e. The van der Waals surface area contributed by atoms with E-state index in [1.807, 2.05) is 0 Å². The van der Waals surface area contributed by atoms with Gasteiger partial charge in [0.1, 0.15) is 6.10 Å². The van der Waals surface area contributed by atoms with Gasteiger partial charge in [-0.05, 0) is 40.2 Å². The van der Waals surface area contributed by atoms with Crippen LogP contribution in [-0.4, -0.2) is 38.8 Å². The molecule has 1 N–H and O–H groups in total.